The van der Waals surface area contributed by atoms with E-state index in [1.807, 2.05) is 0 Å². The smallest absolute Gasteiger partial charge is 0.393 e. The Morgan fingerprint density at radius 1 is 1.52 bits per heavy atom. The molecule has 2 aromatic rings. The number of nitrogens with one attached hydrogen (secondary N) is 1. The lowest BCUT2D eigenvalue weighted by Gasteiger charge is -2.08. The fraction of sp³-hybridized carbons (Fsp3) is 0.364. The first-order chi connectivity index (χ1) is 9.74. The minimum atomic E-state index is -4.67. The lowest BCUT2D eigenvalue weighted by atomic mass is 10.2. The zero-order valence-electron chi connectivity index (χ0n) is 10.7. The number of aromatic amines is 1. The molecule has 2 heterocycles. The number of hydrogen-bond acceptors (Lipinski definition) is 5. The molecule has 7 nitrogen and oxygen atoms in total. The molecular formula is C11H10F3N3O4. The Morgan fingerprint density at radius 2 is 2.19 bits per heavy atom. The largest absolute Gasteiger partial charge is 0.493 e. The molecule has 0 atom stereocenters. The van der Waals surface area contributed by atoms with Crippen LogP contribution in [0.5, 0.6) is 5.88 Å². The molecule has 0 spiro atoms. The summed E-state index contributed by atoms with van der Waals surface area (Å²) in [7, 11) is 0. The fourth-order valence-corrected chi connectivity index (χ4v) is 1.76. The first kappa shape index (κ1) is 14.9. The number of nitrogens with zero attached hydrogens (tertiary/aromatic N) is 2. The normalized spacial score (nSPS) is 11.8. The van der Waals surface area contributed by atoms with E-state index in [1.54, 1.807) is 6.92 Å². The van der Waals surface area contributed by atoms with Crippen molar-refractivity contribution in [1.82, 2.24) is 14.6 Å². The van der Waals surface area contributed by atoms with E-state index in [0.717, 1.165) is 6.20 Å². The molecule has 0 fully saturated rings. The number of carbonyl (C=O) groups excluding carboxylic acids is 1. The van der Waals surface area contributed by atoms with Gasteiger partial charge in [0.15, 0.2) is 5.65 Å². The molecule has 0 aliphatic carbocycles. The topological polar surface area (TPSA) is 96.7 Å². The molecular weight excluding hydrogens is 295 g/mol. The highest BCUT2D eigenvalue weighted by Crippen LogP contribution is 2.25. The number of esters is 1. The highest BCUT2D eigenvalue weighted by atomic mass is 19.4. The van der Waals surface area contributed by atoms with Gasteiger partial charge in [0.1, 0.15) is 5.56 Å². The fourth-order valence-electron chi connectivity index (χ4n) is 1.76. The van der Waals surface area contributed by atoms with Gasteiger partial charge in [0.05, 0.1) is 24.8 Å². The van der Waals surface area contributed by atoms with Crippen LogP contribution in [0.2, 0.25) is 0 Å². The van der Waals surface area contributed by atoms with Crippen LogP contribution in [0.1, 0.15) is 22.8 Å². The van der Waals surface area contributed by atoms with Gasteiger partial charge in [-0.25, -0.2) is 4.79 Å². The van der Waals surface area contributed by atoms with E-state index in [1.165, 1.54) is 0 Å². The van der Waals surface area contributed by atoms with Gasteiger partial charge in [-0.3, -0.25) is 4.79 Å². The van der Waals surface area contributed by atoms with E-state index >= 15 is 0 Å². The SMILES string of the molecule is CCOC(=O)c1cnn2c(O)c(CC(F)(F)F)c(=O)[nH]c12. The van der Waals surface area contributed by atoms with Crippen LogP contribution < -0.4 is 5.56 Å². The van der Waals surface area contributed by atoms with Crippen molar-refractivity contribution in [2.75, 3.05) is 6.61 Å². The quantitative estimate of drug-likeness (QED) is 0.825. The number of H-pyrrole nitrogens is 1. The molecule has 0 saturated carbocycles. The van der Waals surface area contributed by atoms with Gasteiger partial charge >= 0.3 is 12.1 Å². The molecule has 0 unspecified atom stereocenters. The van der Waals surface area contributed by atoms with E-state index in [0.29, 0.717) is 4.52 Å². The van der Waals surface area contributed by atoms with Gasteiger partial charge in [0.2, 0.25) is 5.88 Å². The standard InChI is InChI=1S/C11H10F3N3O4/c1-2-21-10(20)6-4-15-17-7(6)16-8(18)5(9(17)19)3-11(12,13)14/h4,19H,2-3H2,1H3,(H,16,18). The van der Waals surface area contributed by atoms with Gasteiger partial charge in [0.25, 0.3) is 5.56 Å². The van der Waals surface area contributed by atoms with Gasteiger partial charge in [-0.05, 0) is 6.92 Å². The van der Waals surface area contributed by atoms with Gasteiger partial charge in [0, 0.05) is 0 Å². The number of aromatic hydroxyl groups is 1. The zero-order valence-corrected chi connectivity index (χ0v) is 10.7. The molecule has 21 heavy (non-hydrogen) atoms. The third-order valence-electron chi connectivity index (χ3n) is 2.62. The molecule has 0 amide bonds. The third kappa shape index (κ3) is 2.83. The summed E-state index contributed by atoms with van der Waals surface area (Å²) in [5, 5.41) is 13.3. The first-order valence-corrected chi connectivity index (χ1v) is 5.80. The lowest BCUT2D eigenvalue weighted by molar-refractivity contribution is -0.127. The van der Waals surface area contributed by atoms with E-state index in [9.17, 15) is 27.9 Å². The highest BCUT2D eigenvalue weighted by molar-refractivity contribution is 5.95. The van der Waals surface area contributed by atoms with Crippen LogP contribution in [0.3, 0.4) is 0 Å². The molecule has 0 aromatic carbocycles. The predicted octanol–water partition coefficient (Wildman–Crippen LogP) is 1.01. The Balaban J connectivity index is 2.60. The number of aromatic nitrogens is 3. The van der Waals surface area contributed by atoms with Crippen molar-refractivity contribution in [3.8, 4) is 5.88 Å². The Labute approximate surface area is 115 Å². The summed E-state index contributed by atoms with van der Waals surface area (Å²) in [6.07, 6.45) is -5.30. The maximum atomic E-state index is 12.4. The predicted molar refractivity (Wildman–Crippen MR) is 63.2 cm³/mol. The van der Waals surface area contributed by atoms with Crippen molar-refractivity contribution in [2.45, 2.75) is 19.5 Å². The van der Waals surface area contributed by atoms with Crippen molar-refractivity contribution in [3.05, 3.63) is 27.7 Å². The maximum absolute atomic E-state index is 12.4. The second kappa shape index (κ2) is 5.11. The van der Waals surface area contributed by atoms with Crippen molar-refractivity contribution in [2.24, 2.45) is 0 Å². The molecule has 114 valence electrons. The van der Waals surface area contributed by atoms with Crippen LogP contribution in [0.4, 0.5) is 13.2 Å². The third-order valence-corrected chi connectivity index (χ3v) is 2.62. The maximum Gasteiger partial charge on any atom is 0.393 e. The zero-order chi connectivity index (χ0) is 15.8. The number of carbonyl (C=O) groups is 1. The van der Waals surface area contributed by atoms with Gasteiger partial charge in [-0.1, -0.05) is 0 Å². The van der Waals surface area contributed by atoms with E-state index in [-0.39, 0.29) is 17.8 Å². The minimum absolute atomic E-state index is 0.0680. The summed E-state index contributed by atoms with van der Waals surface area (Å²) in [6, 6.07) is 0. The number of ether oxygens (including phenoxy) is 1. The summed E-state index contributed by atoms with van der Waals surface area (Å²) >= 11 is 0. The molecule has 0 radical (unpaired) electrons. The van der Waals surface area contributed by atoms with Crippen LogP contribution in [0.25, 0.3) is 5.65 Å². The van der Waals surface area contributed by atoms with Crippen LogP contribution in [-0.2, 0) is 11.2 Å². The van der Waals surface area contributed by atoms with Crippen LogP contribution in [-0.4, -0.2) is 38.5 Å². The molecule has 0 aliphatic rings. The second-order valence-corrected chi connectivity index (χ2v) is 4.09. The number of rotatable bonds is 3. The molecule has 10 heteroatoms. The monoisotopic (exact) mass is 305 g/mol. The highest BCUT2D eigenvalue weighted by Gasteiger charge is 2.32. The van der Waals surface area contributed by atoms with Gasteiger partial charge < -0.3 is 14.8 Å². The summed E-state index contributed by atoms with van der Waals surface area (Å²) < 4.78 is 42.5. The molecule has 0 saturated heterocycles. The number of hydrogen-bond donors (Lipinski definition) is 2. The van der Waals surface area contributed by atoms with Crippen molar-refractivity contribution in [3.63, 3.8) is 0 Å². The van der Waals surface area contributed by atoms with Gasteiger partial charge in [-0.2, -0.15) is 22.8 Å². The summed E-state index contributed by atoms with van der Waals surface area (Å²) in [4.78, 5) is 25.3. The Morgan fingerprint density at radius 3 is 2.76 bits per heavy atom. The van der Waals surface area contributed by atoms with Crippen molar-refractivity contribution < 1.29 is 27.8 Å². The minimum Gasteiger partial charge on any atom is -0.493 e. The Kier molecular flexibility index (Phi) is 3.62. The molecule has 0 bridgehead atoms. The van der Waals surface area contributed by atoms with Crippen molar-refractivity contribution in [1.29, 1.82) is 0 Å². The van der Waals surface area contributed by atoms with Crippen LogP contribution in [0, 0.1) is 0 Å². The Bertz CT molecular complexity index is 747. The van der Waals surface area contributed by atoms with E-state index in [2.05, 4.69) is 10.1 Å². The first-order valence-electron chi connectivity index (χ1n) is 5.80. The molecule has 2 rings (SSSR count). The summed E-state index contributed by atoms with van der Waals surface area (Å²) in [5.74, 6) is -1.78. The summed E-state index contributed by atoms with van der Waals surface area (Å²) in [6.45, 7) is 1.63. The number of halogens is 3. The lowest BCUT2D eigenvalue weighted by Crippen LogP contribution is -2.23. The molecule has 0 aliphatic heterocycles. The van der Waals surface area contributed by atoms with E-state index < -0.39 is 35.6 Å². The van der Waals surface area contributed by atoms with Crippen LogP contribution in [0.15, 0.2) is 11.0 Å². The average molecular weight is 305 g/mol. The number of fused-ring (bicyclic) bond motifs is 1. The van der Waals surface area contributed by atoms with E-state index in [4.69, 9.17) is 4.74 Å². The summed E-state index contributed by atoms with van der Waals surface area (Å²) in [5.41, 5.74) is -2.43. The average Bonchev–Trinajstić information content (AvgIpc) is 2.77. The number of alkyl halides is 3. The Hall–Kier alpha value is -2.52. The van der Waals surface area contributed by atoms with Crippen molar-refractivity contribution >= 4 is 11.6 Å². The van der Waals surface area contributed by atoms with Crippen LogP contribution >= 0.6 is 0 Å². The molecule has 2 aromatic heterocycles. The van der Waals surface area contributed by atoms with Gasteiger partial charge in [-0.15, -0.1) is 0 Å². The second-order valence-electron chi connectivity index (χ2n) is 4.09. The molecule has 2 N–H and O–H groups in total.